The maximum absolute atomic E-state index is 12.4. The van der Waals surface area contributed by atoms with E-state index in [1.165, 1.54) is 0 Å². The number of aliphatic hydroxyl groups is 3. The lowest BCUT2D eigenvalue weighted by Crippen LogP contribution is -2.54. The Balaban J connectivity index is 1.68. The Kier molecular flexibility index (Phi) is 5.30. The third kappa shape index (κ3) is 3.74. The molecule has 0 aliphatic carbocycles. The first-order valence-corrected chi connectivity index (χ1v) is 7.97. The molecule has 1 aliphatic rings. The molecule has 0 saturated carbocycles. The Morgan fingerprint density at radius 1 is 1.00 bits per heavy atom. The second-order valence-electron chi connectivity index (χ2n) is 5.91. The first-order chi connectivity index (χ1) is 12.5. The Morgan fingerprint density at radius 3 is 2.15 bits per heavy atom. The minimum Gasteiger partial charge on any atom is -0.462 e. The molecule has 2 aromatic rings. The lowest BCUT2D eigenvalue weighted by Gasteiger charge is -2.34. The molecule has 3 rings (SSSR count). The van der Waals surface area contributed by atoms with Gasteiger partial charge in [0.25, 0.3) is 0 Å². The van der Waals surface area contributed by atoms with Crippen molar-refractivity contribution in [2.75, 3.05) is 6.61 Å². The molecule has 2 aromatic carbocycles. The summed E-state index contributed by atoms with van der Waals surface area (Å²) in [6.07, 6.45) is -5.03. The third-order valence-electron chi connectivity index (χ3n) is 4.10. The fourth-order valence-electron chi connectivity index (χ4n) is 2.56. The highest BCUT2D eigenvalue weighted by Gasteiger charge is 2.38. The van der Waals surface area contributed by atoms with E-state index in [1.54, 1.807) is 48.5 Å². The van der Waals surface area contributed by atoms with Crippen LogP contribution in [0.5, 0.6) is 5.75 Å². The van der Waals surface area contributed by atoms with Crippen LogP contribution in [0.3, 0.4) is 0 Å². The summed E-state index contributed by atoms with van der Waals surface area (Å²) in [7, 11) is 0. The number of benzene rings is 2. The smallest absolute Gasteiger partial charge is 0.228 e. The van der Waals surface area contributed by atoms with E-state index in [0.29, 0.717) is 22.4 Å². The Hall–Kier alpha value is -2.76. The van der Waals surface area contributed by atoms with Crippen LogP contribution in [0.25, 0.3) is 0 Å². The molecule has 0 spiro atoms. The lowest BCUT2D eigenvalue weighted by atomic mass is 10.0. The molecule has 7 heteroatoms. The van der Waals surface area contributed by atoms with Crippen LogP contribution in [0.15, 0.2) is 48.5 Å². The lowest BCUT2D eigenvalue weighted by molar-refractivity contribution is -0.242. The predicted molar refractivity (Wildman–Crippen MR) is 89.4 cm³/mol. The maximum Gasteiger partial charge on any atom is 0.228 e. The van der Waals surface area contributed by atoms with Gasteiger partial charge in [0.2, 0.25) is 6.29 Å². The van der Waals surface area contributed by atoms with Crippen LogP contribution >= 0.6 is 0 Å². The number of hydrogen-bond acceptors (Lipinski definition) is 7. The van der Waals surface area contributed by atoms with E-state index in [2.05, 4.69) is 0 Å². The van der Waals surface area contributed by atoms with Crippen molar-refractivity contribution >= 4 is 5.78 Å². The Bertz CT molecular complexity index is 811. The second kappa shape index (κ2) is 7.64. The number of ether oxygens (including phenoxy) is 2. The molecule has 0 radical (unpaired) electrons. The summed E-state index contributed by atoms with van der Waals surface area (Å²) >= 11 is 0. The maximum atomic E-state index is 12.4. The fraction of sp³-hybridized carbons (Fsp3) is 0.263. The van der Waals surface area contributed by atoms with Crippen LogP contribution < -0.4 is 4.74 Å². The molecule has 26 heavy (non-hydrogen) atoms. The van der Waals surface area contributed by atoms with Gasteiger partial charge in [-0.1, -0.05) is 0 Å². The number of rotatable bonds is 4. The van der Waals surface area contributed by atoms with Crippen LogP contribution in [0.1, 0.15) is 21.5 Å². The van der Waals surface area contributed by atoms with Gasteiger partial charge >= 0.3 is 0 Å². The fourth-order valence-corrected chi connectivity index (χ4v) is 2.56. The first kappa shape index (κ1) is 18.0. The van der Waals surface area contributed by atoms with E-state index in [0.717, 1.165) is 0 Å². The van der Waals surface area contributed by atoms with Gasteiger partial charge in [0, 0.05) is 11.1 Å². The Morgan fingerprint density at radius 2 is 1.58 bits per heavy atom. The molecular formula is C19H17NO6. The molecule has 0 unspecified atom stereocenters. The highest BCUT2D eigenvalue weighted by Crippen LogP contribution is 2.22. The van der Waals surface area contributed by atoms with Crippen LogP contribution in [-0.2, 0) is 4.74 Å². The summed E-state index contributed by atoms with van der Waals surface area (Å²) in [5, 5.41) is 37.7. The van der Waals surface area contributed by atoms with Crippen LogP contribution in [0.4, 0.5) is 0 Å². The quantitative estimate of drug-likeness (QED) is 0.687. The number of nitrogens with zero attached hydrogens (tertiary/aromatic N) is 1. The van der Waals surface area contributed by atoms with Crippen molar-refractivity contribution in [3.63, 3.8) is 0 Å². The molecule has 0 bridgehead atoms. The normalized spacial score (nSPS) is 25.3. The average molecular weight is 355 g/mol. The molecule has 0 aromatic heterocycles. The summed E-state index contributed by atoms with van der Waals surface area (Å²) in [4.78, 5) is 12.4. The zero-order valence-corrected chi connectivity index (χ0v) is 13.6. The Labute approximate surface area is 149 Å². The molecule has 1 heterocycles. The summed E-state index contributed by atoms with van der Waals surface area (Å²) in [6.45, 7) is -0.155. The topological polar surface area (TPSA) is 120 Å². The zero-order valence-electron chi connectivity index (χ0n) is 13.6. The van der Waals surface area contributed by atoms with Gasteiger partial charge in [0.1, 0.15) is 24.1 Å². The molecule has 0 amide bonds. The van der Waals surface area contributed by atoms with E-state index in [1.807, 2.05) is 6.07 Å². The highest BCUT2D eigenvalue weighted by molar-refractivity contribution is 6.09. The number of carbonyl (C=O) groups excluding carboxylic acids is 1. The van der Waals surface area contributed by atoms with Crippen molar-refractivity contribution in [1.29, 1.82) is 5.26 Å². The van der Waals surface area contributed by atoms with Gasteiger partial charge < -0.3 is 24.8 Å². The SMILES string of the molecule is N#Cc1ccc(C(=O)c2ccc(O[C@@H]3OC[C@H](O)[C@@H](O)[C@@H]3O)cc2)cc1. The predicted octanol–water partition coefficient (Wildman–Crippen LogP) is 0.607. The first-order valence-electron chi connectivity index (χ1n) is 7.97. The summed E-state index contributed by atoms with van der Waals surface area (Å²) < 4.78 is 10.6. The van der Waals surface area contributed by atoms with E-state index >= 15 is 0 Å². The van der Waals surface area contributed by atoms with Gasteiger partial charge in [-0.3, -0.25) is 4.79 Å². The van der Waals surface area contributed by atoms with Gasteiger partial charge in [0.15, 0.2) is 5.78 Å². The second-order valence-corrected chi connectivity index (χ2v) is 5.91. The minimum absolute atomic E-state index is 0.155. The molecule has 1 saturated heterocycles. The van der Waals surface area contributed by atoms with Crippen molar-refractivity contribution in [1.82, 2.24) is 0 Å². The monoisotopic (exact) mass is 355 g/mol. The van der Waals surface area contributed by atoms with Crippen molar-refractivity contribution in [2.45, 2.75) is 24.6 Å². The van der Waals surface area contributed by atoms with Gasteiger partial charge in [-0.2, -0.15) is 5.26 Å². The molecule has 4 atom stereocenters. The van der Waals surface area contributed by atoms with E-state index < -0.39 is 24.6 Å². The number of nitriles is 1. The van der Waals surface area contributed by atoms with Gasteiger partial charge in [-0.05, 0) is 48.5 Å². The highest BCUT2D eigenvalue weighted by atomic mass is 16.7. The van der Waals surface area contributed by atoms with Crippen molar-refractivity contribution in [3.8, 4) is 11.8 Å². The van der Waals surface area contributed by atoms with E-state index in [-0.39, 0.29) is 12.4 Å². The number of carbonyl (C=O) groups is 1. The average Bonchev–Trinajstić information content (AvgIpc) is 2.68. The number of aliphatic hydroxyl groups excluding tert-OH is 3. The van der Waals surface area contributed by atoms with Gasteiger partial charge in [0.05, 0.1) is 18.2 Å². The molecule has 7 nitrogen and oxygen atoms in total. The standard InChI is InChI=1S/C19H17NO6/c20-9-11-1-3-12(4-2-11)16(22)13-5-7-14(8-6-13)26-19-18(24)17(23)15(21)10-25-19/h1-8,15,17-19,21,23-24H,10H2/t15-,17+,18-,19-/m0/s1. The van der Waals surface area contributed by atoms with Crippen LogP contribution in [0.2, 0.25) is 0 Å². The van der Waals surface area contributed by atoms with E-state index in [4.69, 9.17) is 14.7 Å². The summed E-state index contributed by atoms with van der Waals surface area (Å²) in [5.41, 5.74) is 1.37. The number of ketones is 1. The molecular weight excluding hydrogens is 338 g/mol. The summed E-state index contributed by atoms with van der Waals surface area (Å²) in [5.74, 6) is 0.141. The molecule has 3 N–H and O–H groups in total. The van der Waals surface area contributed by atoms with Crippen molar-refractivity contribution < 1.29 is 29.6 Å². The van der Waals surface area contributed by atoms with Gasteiger partial charge in [-0.15, -0.1) is 0 Å². The largest absolute Gasteiger partial charge is 0.462 e. The molecule has 1 aliphatic heterocycles. The number of hydrogen-bond donors (Lipinski definition) is 3. The van der Waals surface area contributed by atoms with Crippen LogP contribution in [-0.4, -0.2) is 52.3 Å². The van der Waals surface area contributed by atoms with Gasteiger partial charge in [-0.25, -0.2) is 0 Å². The molecule has 134 valence electrons. The van der Waals surface area contributed by atoms with E-state index in [9.17, 15) is 20.1 Å². The van der Waals surface area contributed by atoms with Crippen LogP contribution in [0, 0.1) is 11.3 Å². The summed E-state index contributed by atoms with van der Waals surface area (Å²) in [6, 6.07) is 14.5. The van der Waals surface area contributed by atoms with Crippen molar-refractivity contribution in [3.05, 3.63) is 65.2 Å². The molecule has 1 fully saturated rings. The minimum atomic E-state index is -1.39. The van der Waals surface area contributed by atoms with Crippen molar-refractivity contribution in [2.24, 2.45) is 0 Å². The zero-order chi connectivity index (χ0) is 18.7. The third-order valence-corrected chi connectivity index (χ3v) is 4.10.